The average Bonchev–Trinajstić information content (AvgIpc) is 3.58. The van der Waals surface area contributed by atoms with Gasteiger partial charge in [0.1, 0.15) is 0 Å². The number of hydrogen-bond donors (Lipinski definition) is 1. The molecule has 5 aliphatic rings. The van der Waals surface area contributed by atoms with Crippen molar-refractivity contribution in [3.05, 3.63) is 32.9 Å². The minimum absolute atomic E-state index is 0.173. The zero-order valence-corrected chi connectivity index (χ0v) is 18.7. The summed E-state index contributed by atoms with van der Waals surface area (Å²) in [6, 6.07) is 0. The van der Waals surface area contributed by atoms with E-state index in [0.717, 1.165) is 68.3 Å². The zero-order valence-electron chi connectivity index (χ0n) is 18.7. The number of aromatic amines is 1. The van der Waals surface area contributed by atoms with E-state index < -0.39 is 5.79 Å². The lowest BCUT2D eigenvalue weighted by molar-refractivity contribution is -0.231. The molecule has 33 heavy (non-hydrogen) atoms. The second kappa shape index (κ2) is 7.21. The van der Waals surface area contributed by atoms with E-state index in [1.165, 1.54) is 0 Å². The maximum atomic E-state index is 13.1. The van der Waals surface area contributed by atoms with Crippen molar-refractivity contribution in [3.63, 3.8) is 0 Å². The molecule has 0 amide bonds. The third-order valence-corrected chi connectivity index (χ3v) is 8.58. The van der Waals surface area contributed by atoms with Gasteiger partial charge in [0, 0.05) is 18.6 Å². The average molecular weight is 456 g/mol. The van der Waals surface area contributed by atoms with Crippen molar-refractivity contribution in [3.8, 4) is 11.6 Å². The molecule has 3 aliphatic heterocycles. The van der Waals surface area contributed by atoms with Gasteiger partial charge in [-0.1, -0.05) is 11.6 Å². The van der Waals surface area contributed by atoms with Crippen molar-refractivity contribution >= 4 is 0 Å². The second-order valence-corrected chi connectivity index (χ2v) is 10.2. The normalized spacial score (nSPS) is 32.5. The van der Waals surface area contributed by atoms with Crippen molar-refractivity contribution in [2.24, 2.45) is 0 Å². The maximum absolute atomic E-state index is 13.1. The molecule has 0 bridgehead atoms. The van der Waals surface area contributed by atoms with Crippen molar-refractivity contribution < 1.29 is 23.5 Å². The predicted molar refractivity (Wildman–Crippen MR) is 115 cm³/mol. The van der Waals surface area contributed by atoms with Gasteiger partial charge < -0.3 is 28.5 Å². The number of aromatic nitrogens is 3. The van der Waals surface area contributed by atoms with E-state index in [1.54, 1.807) is 0 Å². The Labute approximate surface area is 191 Å². The standard InChI is InChI=1S/C24H29N3O6/c28-21-16-12-30-14-22(8-9-29-13-22)18(16)25-20(26-21)17-15-4-3-6-23(19(15)27-33-17)5-1-2-7-24(23)31-10-11-32-24/h1-14H2,(H,25,26,28)/t22-,23+/m1/s1. The van der Waals surface area contributed by atoms with Crippen molar-refractivity contribution in [1.29, 1.82) is 0 Å². The molecule has 2 atom stereocenters. The fraction of sp³-hybridized carbons (Fsp3) is 0.708. The summed E-state index contributed by atoms with van der Waals surface area (Å²) < 4.78 is 30.0. The smallest absolute Gasteiger partial charge is 0.257 e. The van der Waals surface area contributed by atoms with E-state index in [-0.39, 0.29) is 23.0 Å². The molecule has 3 spiro atoms. The number of ether oxygens (including phenoxy) is 4. The Morgan fingerprint density at radius 1 is 0.848 bits per heavy atom. The van der Waals surface area contributed by atoms with Gasteiger partial charge in [-0.3, -0.25) is 4.79 Å². The van der Waals surface area contributed by atoms with Crippen LogP contribution in [0.15, 0.2) is 9.32 Å². The van der Waals surface area contributed by atoms with Gasteiger partial charge in [0.15, 0.2) is 11.6 Å². The Kier molecular flexibility index (Phi) is 4.44. The molecule has 7 rings (SSSR count). The summed E-state index contributed by atoms with van der Waals surface area (Å²) in [5, 5.41) is 4.61. The highest BCUT2D eigenvalue weighted by Crippen LogP contribution is 2.56. The minimum atomic E-state index is -0.617. The SMILES string of the molecule is O=c1[nH]c(-c2onc3c2CCC[C@@]32CCCCC23OCCO3)nc2c1COC[C@]21CCOC1. The lowest BCUT2D eigenvalue weighted by atomic mass is 9.61. The van der Waals surface area contributed by atoms with Gasteiger partial charge in [-0.25, -0.2) is 4.98 Å². The number of hydrogen-bond acceptors (Lipinski definition) is 8. The molecule has 5 heterocycles. The van der Waals surface area contributed by atoms with Crippen LogP contribution in [-0.2, 0) is 42.8 Å². The van der Waals surface area contributed by atoms with Crippen LogP contribution in [0.25, 0.3) is 11.6 Å². The molecule has 0 unspecified atom stereocenters. The van der Waals surface area contributed by atoms with Crippen LogP contribution in [0, 0.1) is 0 Å². The van der Waals surface area contributed by atoms with Crippen LogP contribution in [0.4, 0.5) is 0 Å². The summed E-state index contributed by atoms with van der Waals surface area (Å²) in [6.07, 6.45) is 7.66. The first-order chi connectivity index (χ1) is 16.2. The Bertz CT molecular complexity index is 1140. The number of rotatable bonds is 1. The monoisotopic (exact) mass is 455 g/mol. The van der Waals surface area contributed by atoms with Gasteiger partial charge in [-0.05, 0) is 38.5 Å². The van der Waals surface area contributed by atoms with E-state index in [4.69, 9.17) is 28.5 Å². The van der Waals surface area contributed by atoms with Crippen molar-refractivity contribution in [2.75, 3.05) is 33.0 Å². The molecule has 9 heteroatoms. The third kappa shape index (κ3) is 2.70. The summed E-state index contributed by atoms with van der Waals surface area (Å²) >= 11 is 0. The Balaban J connectivity index is 1.37. The molecule has 1 saturated carbocycles. The summed E-state index contributed by atoms with van der Waals surface area (Å²) in [7, 11) is 0. The highest BCUT2D eigenvalue weighted by atomic mass is 16.7. The topological polar surface area (TPSA) is 109 Å². The van der Waals surface area contributed by atoms with Crippen LogP contribution < -0.4 is 5.56 Å². The summed E-state index contributed by atoms with van der Waals surface area (Å²) in [4.78, 5) is 21.0. The number of nitrogens with zero attached hydrogens (tertiary/aromatic N) is 2. The molecule has 176 valence electrons. The lowest BCUT2D eigenvalue weighted by Crippen LogP contribution is -2.56. The van der Waals surface area contributed by atoms with Gasteiger partial charge in [0.05, 0.1) is 60.8 Å². The van der Waals surface area contributed by atoms with E-state index in [1.807, 2.05) is 0 Å². The summed E-state index contributed by atoms with van der Waals surface area (Å²) in [5.74, 6) is 0.410. The quantitative estimate of drug-likeness (QED) is 0.699. The molecular weight excluding hydrogens is 426 g/mol. The van der Waals surface area contributed by atoms with Crippen LogP contribution in [-0.4, -0.2) is 53.9 Å². The first kappa shape index (κ1) is 20.3. The molecule has 0 radical (unpaired) electrons. The molecule has 9 nitrogen and oxygen atoms in total. The van der Waals surface area contributed by atoms with Crippen LogP contribution in [0.3, 0.4) is 0 Å². The van der Waals surface area contributed by atoms with E-state index in [9.17, 15) is 4.79 Å². The number of nitrogens with one attached hydrogen (secondary N) is 1. The highest BCUT2D eigenvalue weighted by molar-refractivity contribution is 5.57. The molecule has 2 aromatic rings. The van der Waals surface area contributed by atoms with Gasteiger partial charge in [-0.2, -0.15) is 0 Å². The number of H-pyrrole nitrogens is 1. The summed E-state index contributed by atoms with van der Waals surface area (Å²) in [5.41, 5.74) is 2.52. The fourth-order valence-electron chi connectivity index (χ4n) is 7.00. The van der Waals surface area contributed by atoms with Crippen LogP contribution in [0.1, 0.15) is 67.5 Å². The third-order valence-electron chi connectivity index (χ3n) is 8.58. The van der Waals surface area contributed by atoms with Gasteiger partial charge in [0.2, 0.25) is 5.76 Å². The van der Waals surface area contributed by atoms with E-state index in [2.05, 4.69) is 10.1 Å². The van der Waals surface area contributed by atoms with Gasteiger partial charge >= 0.3 is 0 Å². The molecular formula is C24H29N3O6. The van der Waals surface area contributed by atoms with E-state index in [0.29, 0.717) is 50.2 Å². The van der Waals surface area contributed by atoms with E-state index >= 15 is 0 Å². The largest absolute Gasteiger partial charge is 0.380 e. The molecule has 1 N–H and O–H groups in total. The first-order valence-corrected chi connectivity index (χ1v) is 12.2. The zero-order chi connectivity index (χ0) is 22.1. The predicted octanol–water partition coefficient (Wildman–Crippen LogP) is 2.50. The minimum Gasteiger partial charge on any atom is -0.380 e. The van der Waals surface area contributed by atoms with Gasteiger partial charge in [0.25, 0.3) is 5.56 Å². The molecule has 0 aromatic carbocycles. The Morgan fingerprint density at radius 3 is 2.52 bits per heavy atom. The molecule has 2 aromatic heterocycles. The Hall–Kier alpha value is -2.07. The van der Waals surface area contributed by atoms with Gasteiger partial charge in [-0.15, -0.1) is 0 Å². The molecule has 3 fully saturated rings. The highest BCUT2D eigenvalue weighted by Gasteiger charge is 2.61. The number of fused-ring (bicyclic) bond motifs is 5. The lowest BCUT2D eigenvalue weighted by Gasteiger charge is -2.50. The Morgan fingerprint density at radius 2 is 1.67 bits per heavy atom. The fourth-order valence-corrected chi connectivity index (χ4v) is 7.00. The van der Waals surface area contributed by atoms with Crippen molar-refractivity contribution in [1.82, 2.24) is 15.1 Å². The summed E-state index contributed by atoms with van der Waals surface area (Å²) in [6.45, 7) is 3.19. The van der Waals surface area contributed by atoms with Crippen LogP contribution in [0.2, 0.25) is 0 Å². The molecule has 2 saturated heterocycles. The van der Waals surface area contributed by atoms with Crippen LogP contribution in [0.5, 0.6) is 0 Å². The maximum Gasteiger partial charge on any atom is 0.257 e. The first-order valence-electron chi connectivity index (χ1n) is 12.2. The molecule has 2 aliphatic carbocycles. The van der Waals surface area contributed by atoms with Crippen molar-refractivity contribution in [2.45, 2.75) is 74.6 Å². The van der Waals surface area contributed by atoms with Crippen LogP contribution >= 0.6 is 0 Å². The second-order valence-electron chi connectivity index (χ2n) is 10.2.